The van der Waals surface area contributed by atoms with Gasteiger partial charge >= 0.3 is 0 Å². The summed E-state index contributed by atoms with van der Waals surface area (Å²) >= 11 is 1.40. The average Bonchev–Trinajstić information content (AvgIpc) is 3.08. The van der Waals surface area contributed by atoms with Crippen molar-refractivity contribution in [3.8, 4) is 0 Å². The number of hydrogen-bond acceptors (Lipinski definition) is 4. The highest BCUT2D eigenvalue weighted by molar-refractivity contribution is 7.99. The highest BCUT2D eigenvalue weighted by atomic mass is 32.2. The van der Waals surface area contributed by atoms with Gasteiger partial charge in [-0.2, -0.15) is 0 Å². The number of nitrogens with one attached hydrogen (secondary N) is 1. The first-order chi connectivity index (χ1) is 13.4. The Morgan fingerprint density at radius 2 is 1.71 bits per heavy atom. The lowest BCUT2D eigenvalue weighted by Crippen LogP contribution is -2.15. The van der Waals surface area contributed by atoms with Crippen molar-refractivity contribution in [1.82, 2.24) is 14.6 Å². The first kappa shape index (κ1) is 18.5. The molecule has 2 heterocycles. The van der Waals surface area contributed by atoms with Gasteiger partial charge in [-0.3, -0.25) is 9.20 Å². The molecule has 1 amide bonds. The molecular weight excluding hydrogens is 368 g/mol. The van der Waals surface area contributed by atoms with E-state index in [9.17, 15) is 4.79 Å². The highest BCUT2D eigenvalue weighted by Crippen LogP contribution is 2.26. The summed E-state index contributed by atoms with van der Waals surface area (Å²) in [6.07, 6.45) is 0. The minimum absolute atomic E-state index is 0.0538. The first-order valence-corrected chi connectivity index (χ1v) is 10.2. The minimum Gasteiger partial charge on any atom is -0.325 e. The number of aromatic nitrogens is 3. The van der Waals surface area contributed by atoms with Crippen LogP contribution in [-0.2, 0) is 4.79 Å². The fraction of sp³-hybridized carbons (Fsp3) is 0.227. The fourth-order valence-corrected chi connectivity index (χ4v) is 4.12. The lowest BCUT2D eigenvalue weighted by atomic mass is 10.1. The molecule has 2 aromatic carbocycles. The second-order valence-corrected chi connectivity index (χ2v) is 8.13. The number of amides is 1. The Hall–Kier alpha value is -2.86. The van der Waals surface area contributed by atoms with Crippen LogP contribution in [0.2, 0.25) is 0 Å². The third-order valence-electron chi connectivity index (χ3n) is 4.77. The lowest BCUT2D eigenvalue weighted by Gasteiger charge is -2.10. The molecule has 0 saturated carbocycles. The number of aryl methyl sites for hydroxylation is 4. The largest absolute Gasteiger partial charge is 0.325 e. The van der Waals surface area contributed by atoms with Crippen LogP contribution in [0.15, 0.2) is 47.6 Å². The van der Waals surface area contributed by atoms with Gasteiger partial charge in [0.15, 0.2) is 10.8 Å². The maximum absolute atomic E-state index is 12.5. The third-order valence-corrected chi connectivity index (χ3v) is 5.70. The Balaban J connectivity index is 1.60. The van der Waals surface area contributed by atoms with Gasteiger partial charge in [-0.05, 0) is 68.0 Å². The summed E-state index contributed by atoms with van der Waals surface area (Å²) in [6, 6.07) is 14.5. The second-order valence-electron chi connectivity index (χ2n) is 7.19. The van der Waals surface area contributed by atoms with Crippen molar-refractivity contribution in [2.24, 2.45) is 0 Å². The zero-order valence-corrected chi connectivity index (χ0v) is 17.2. The first-order valence-electron chi connectivity index (χ1n) is 9.17. The number of pyridine rings is 1. The van der Waals surface area contributed by atoms with Crippen LogP contribution in [-0.4, -0.2) is 26.3 Å². The Labute approximate surface area is 168 Å². The second kappa shape index (κ2) is 7.28. The number of fused-ring (bicyclic) bond motifs is 3. The van der Waals surface area contributed by atoms with Gasteiger partial charge in [-0.15, -0.1) is 10.2 Å². The third kappa shape index (κ3) is 3.47. The van der Waals surface area contributed by atoms with Crippen LogP contribution in [0.5, 0.6) is 0 Å². The standard InChI is InChI=1S/C22H22N4OS/c1-13-6-8-18(15(3)9-13)23-20(27)12-28-22-25-24-21-16(4)11-17-7-5-14(2)10-19(17)26(21)22/h5-11H,12H2,1-4H3,(H,23,27). The van der Waals surface area contributed by atoms with Crippen LogP contribution in [0.1, 0.15) is 22.3 Å². The van der Waals surface area contributed by atoms with Gasteiger partial charge < -0.3 is 5.32 Å². The number of benzene rings is 2. The molecule has 142 valence electrons. The van der Waals surface area contributed by atoms with Crippen LogP contribution < -0.4 is 5.32 Å². The van der Waals surface area contributed by atoms with Gasteiger partial charge in [0.05, 0.1) is 11.3 Å². The Kier molecular flexibility index (Phi) is 4.81. The van der Waals surface area contributed by atoms with E-state index < -0.39 is 0 Å². The molecule has 0 unspecified atom stereocenters. The summed E-state index contributed by atoms with van der Waals surface area (Å²) in [5, 5.41) is 13.5. The average molecular weight is 391 g/mol. The van der Waals surface area contributed by atoms with Crippen molar-refractivity contribution in [1.29, 1.82) is 0 Å². The number of hydrogen-bond donors (Lipinski definition) is 1. The van der Waals surface area contributed by atoms with E-state index in [2.05, 4.69) is 52.8 Å². The van der Waals surface area contributed by atoms with E-state index >= 15 is 0 Å². The van der Waals surface area contributed by atoms with E-state index in [4.69, 9.17) is 0 Å². The number of carbonyl (C=O) groups excluding carboxylic acids is 1. The number of carbonyl (C=O) groups is 1. The summed E-state index contributed by atoms with van der Waals surface area (Å²) in [4.78, 5) is 12.5. The predicted molar refractivity (Wildman–Crippen MR) is 115 cm³/mol. The molecule has 0 aliphatic heterocycles. The maximum Gasteiger partial charge on any atom is 0.234 e. The van der Waals surface area contributed by atoms with E-state index in [0.29, 0.717) is 0 Å². The number of nitrogens with zero attached hydrogens (tertiary/aromatic N) is 3. The summed E-state index contributed by atoms with van der Waals surface area (Å²) in [6.45, 7) is 8.14. The molecule has 0 spiro atoms. The SMILES string of the molecule is Cc1ccc(NC(=O)CSc2nnc3c(C)cc4ccc(C)cc4n23)c(C)c1. The van der Waals surface area contributed by atoms with Gasteiger partial charge in [-0.1, -0.05) is 41.6 Å². The molecule has 4 aromatic rings. The van der Waals surface area contributed by atoms with E-state index in [-0.39, 0.29) is 11.7 Å². The number of anilines is 1. The fourth-order valence-electron chi connectivity index (χ4n) is 3.37. The van der Waals surface area contributed by atoms with Crippen LogP contribution in [0.25, 0.3) is 16.6 Å². The molecular formula is C22H22N4OS. The van der Waals surface area contributed by atoms with Crippen molar-refractivity contribution >= 4 is 39.9 Å². The summed E-state index contributed by atoms with van der Waals surface area (Å²) in [7, 11) is 0. The van der Waals surface area contributed by atoms with Crippen molar-refractivity contribution in [3.05, 3.63) is 64.7 Å². The van der Waals surface area contributed by atoms with Crippen molar-refractivity contribution < 1.29 is 4.79 Å². The van der Waals surface area contributed by atoms with E-state index in [1.807, 2.05) is 37.3 Å². The van der Waals surface area contributed by atoms with Crippen LogP contribution in [0, 0.1) is 27.7 Å². The van der Waals surface area contributed by atoms with E-state index in [0.717, 1.165) is 38.5 Å². The smallest absolute Gasteiger partial charge is 0.234 e. The van der Waals surface area contributed by atoms with Crippen LogP contribution in [0.3, 0.4) is 0 Å². The number of rotatable bonds is 4. The quantitative estimate of drug-likeness (QED) is 0.506. The topological polar surface area (TPSA) is 59.3 Å². The molecule has 0 aliphatic carbocycles. The van der Waals surface area contributed by atoms with Crippen LogP contribution in [0.4, 0.5) is 5.69 Å². The van der Waals surface area contributed by atoms with Gasteiger partial charge in [0.2, 0.25) is 5.91 Å². The Bertz CT molecular complexity index is 1210. The van der Waals surface area contributed by atoms with Crippen molar-refractivity contribution in [3.63, 3.8) is 0 Å². The monoisotopic (exact) mass is 390 g/mol. The maximum atomic E-state index is 12.5. The summed E-state index contributed by atoms with van der Waals surface area (Å²) in [5.74, 6) is 0.219. The van der Waals surface area contributed by atoms with Crippen molar-refractivity contribution in [2.75, 3.05) is 11.1 Å². The van der Waals surface area contributed by atoms with E-state index in [1.165, 1.54) is 22.9 Å². The molecule has 0 fully saturated rings. The normalized spacial score (nSPS) is 11.3. The minimum atomic E-state index is -0.0538. The molecule has 1 N–H and O–H groups in total. The Morgan fingerprint density at radius 1 is 0.964 bits per heavy atom. The molecule has 4 rings (SSSR count). The molecule has 0 bridgehead atoms. The molecule has 0 atom stereocenters. The molecule has 6 heteroatoms. The molecule has 28 heavy (non-hydrogen) atoms. The predicted octanol–water partition coefficient (Wildman–Crippen LogP) is 4.85. The molecule has 5 nitrogen and oxygen atoms in total. The van der Waals surface area contributed by atoms with Gasteiger partial charge in [-0.25, -0.2) is 0 Å². The zero-order chi connectivity index (χ0) is 19.8. The van der Waals surface area contributed by atoms with Crippen LogP contribution >= 0.6 is 11.8 Å². The molecule has 0 aliphatic rings. The zero-order valence-electron chi connectivity index (χ0n) is 16.4. The molecule has 2 aromatic heterocycles. The molecule has 0 saturated heterocycles. The lowest BCUT2D eigenvalue weighted by molar-refractivity contribution is -0.113. The van der Waals surface area contributed by atoms with Crippen molar-refractivity contribution in [2.45, 2.75) is 32.9 Å². The van der Waals surface area contributed by atoms with Gasteiger partial charge in [0.1, 0.15) is 0 Å². The van der Waals surface area contributed by atoms with Gasteiger partial charge in [0.25, 0.3) is 0 Å². The van der Waals surface area contributed by atoms with E-state index in [1.54, 1.807) is 0 Å². The molecule has 0 radical (unpaired) electrons. The Morgan fingerprint density at radius 3 is 2.50 bits per heavy atom. The van der Waals surface area contributed by atoms with Gasteiger partial charge in [0, 0.05) is 5.69 Å². The summed E-state index contributed by atoms with van der Waals surface area (Å²) < 4.78 is 2.05. The summed E-state index contributed by atoms with van der Waals surface area (Å²) in [5.41, 5.74) is 7.21. The highest BCUT2D eigenvalue weighted by Gasteiger charge is 2.14. The number of thioether (sulfide) groups is 1.